The van der Waals surface area contributed by atoms with Crippen LogP contribution in [0.25, 0.3) is 0 Å². The summed E-state index contributed by atoms with van der Waals surface area (Å²) in [5.41, 5.74) is 11.1. The predicted octanol–water partition coefficient (Wildman–Crippen LogP) is 1.22. The predicted molar refractivity (Wildman–Crippen MR) is 81.1 cm³/mol. The first kappa shape index (κ1) is 15.8. The summed E-state index contributed by atoms with van der Waals surface area (Å²) in [6.45, 7) is 2.17. The Morgan fingerprint density at radius 3 is 2.38 bits per heavy atom. The largest absolute Gasteiger partial charge is 0.398 e. The molecule has 5 N–H and O–H groups in total. The average molecular weight is 311 g/mol. The number of hydrogen-bond acceptors (Lipinski definition) is 4. The number of carbonyl (C=O) groups excluding carboxylic acids is 1. The topological polar surface area (TPSA) is 115 Å². The summed E-state index contributed by atoms with van der Waals surface area (Å²) in [6, 6.07) is 3.93. The van der Waals surface area contributed by atoms with E-state index < -0.39 is 15.9 Å². The maximum Gasteiger partial charge on any atom is 0.248 e. The van der Waals surface area contributed by atoms with Crippen molar-refractivity contribution >= 4 is 21.6 Å². The van der Waals surface area contributed by atoms with E-state index in [9.17, 15) is 13.2 Å². The molecule has 0 atom stereocenters. The average Bonchev–Trinajstić information content (AvgIpc) is 2.40. The molecule has 0 aliphatic heterocycles. The van der Waals surface area contributed by atoms with Crippen LogP contribution in [-0.2, 0) is 10.0 Å². The van der Waals surface area contributed by atoms with E-state index in [-0.39, 0.29) is 22.2 Å². The van der Waals surface area contributed by atoms with Crippen molar-refractivity contribution in [1.82, 2.24) is 4.72 Å². The molecule has 0 radical (unpaired) electrons. The van der Waals surface area contributed by atoms with Crippen LogP contribution < -0.4 is 16.2 Å². The number of anilines is 1. The maximum absolute atomic E-state index is 12.4. The fourth-order valence-corrected chi connectivity index (χ4v) is 4.03. The fraction of sp³-hybridized carbons (Fsp3) is 0.500. The summed E-state index contributed by atoms with van der Waals surface area (Å²) in [4.78, 5) is 11.1. The number of nitrogens with two attached hydrogens (primary N) is 2. The van der Waals surface area contributed by atoms with Gasteiger partial charge in [-0.1, -0.05) is 6.92 Å². The molecule has 1 aromatic carbocycles. The monoisotopic (exact) mass is 311 g/mol. The van der Waals surface area contributed by atoms with Gasteiger partial charge in [0.15, 0.2) is 0 Å². The SMILES string of the molecule is CC1CCC(NS(=O)(=O)c2ccc(C(N)=O)cc2N)CC1. The lowest BCUT2D eigenvalue weighted by Gasteiger charge is -2.26. The Morgan fingerprint density at radius 2 is 1.86 bits per heavy atom. The van der Waals surface area contributed by atoms with Crippen molar-refractivity contribution in [2.75, 3.05) is 5.73 Å². The number of rotatable bonds is 4. The molecule has 0 unspecified atom stereocenters. The van der Waals surface area contributed by atoms with E-state index in [1.165, 1.54) is 18.2 Å². The molecule has 2 rings (SSSR count). The molecule has 0 bridgehead atoms. The summed E-state index contributed by atoms with van der Waals surface area (Å²) in [5, 5.41) is 0. The molecule has 0 saturated heterocycles. The van der Waals surface area contributed by atoms with Crippen LogP contribution in [0.15, 0.2) is 23.1 Å². The Balaban J connectivity index is 2.18. The van der Waals surface area contributed by atoms with Crippen molar-refractivity contribution in [3.8, 4) is 0 Å². The van der Waals surface area contributed by atoms with Crippen LogP contribution in [0.3, 0.4) is 0 Å². The highest BCUT2D eigenvalue weighted by Gasteiger charge is 2.25. The van der Waals surface area contributed by atoms with Crippen LogP contribution in [0, 0.1) is 5.92 Å². The van der Waals surface area contributed by atoms with Gasteiger partial charge in [0.25, 0.3) is 0 Å². The zero-order valence-electron chi connectivity index (χ0n) is 12.0. The van der Waals surface area contributed by atoms with E-state index in [2.05, 4.69) is 11.6 Å². The van der Waals surface area contributed by atoms with E-state index in [4.69, 9.17) is 11.5 Å². The van der Waals surface area contributed by atoms with Crippen molar-refractivity contribution < 1.29 is 13.2 Å². The number of nitrogen functional groups attached to an aromatic ring is 1. The zero-order valence-corrected chi connectivity index (χ0v) is 12.8. The van der Waals surface area contributed by atoms with Gasteiger partial charge in [0.1, 0.15) is 4.90 Å². The molecule has 1 amide bonds. The molecule has 0 aromatic heterocycles. The fourth-order valence-electron chi connectivity index (χ4n) is 2.61. The molecule has 1 saturated carbocycles. The number of carbonyl (C=O) groups is 1. The molecule has 21 heavy (non-hydrogen) atoms. The van der Waals surface area contributed by atoms with Crippen LogP contribution in [0.1, 0.15) is 43.0 Å². The Labute approximate surface area is 124 Å². The number of primary amides is 1. The minimum absolute atomic E-state index is 0.00822. The summed E-state index contributed by atoms with van der Waals surface area (Å²) in [7, 11) is -3.68. The first-order valence-corrected chi connectivity index (χ1v) is 8.49. The van der Waals surface area contributed by atoms with Crippen LogP contribution in [0.2, 0.25) is 0 Å². The Hall–Kier alpha value is -1.60. The number of benzene rings is 1. The van der Waals surface area contributed by atoms with E-state index in [1.807, 2.05) is 0 Å². The Kier molecular flexibility index (Phi) is 4.53. The molecule has 116 valence electrons. The van der Waals surface area contributed by atoms with Crippen molar-refractivity contribution in [3.63, 3.8) is 0 Å². The minimum atomic E-state index is -3.68. The molecule has 1 aliphatic carbocycles. The lowest BCUT2D eigenvalue weighted by molar-refractivity contribution is 0.1000. The smallest absolute Gasteiger partial charge is 0.248 e. The van der Waals surface area contributed by atoms with Gasteiger partial charge in [-0.2, -0.15) is 0 Å². The van der Waals surface area contributed by atoms with Gasteiger partial charge in [0.2, 0.25) is 15.9 Å². The standard InChI is InChI=1S/C14H21N3O3S/c1-9-2-5-11(6-3-9)17-21(19,20)13-7-4-10(14(16)18)8-12(13)15/h4,7-9,11,17H,2-3,5-6,15H2,1H3,(H2,16,18). The van der Waals surface area contributed by atoms with E-state index in [0.717, 1.165) is 25.7 Å². The molecule has 0 heterocycles. The van der Waals surface area contributed by atoms with Gasteiger partial charge in [0, 0.05) is 11.6 Å². The highest BCUT2D eigenvalue weighted by molar-refractivity contribution is 7.89. The van der Waals surface area contributed by atoms with E-state index in [0.29, 0.717) is 5.92 Å². The second-order valence-electron chi connectivity index (χ2n) is 5.69. The van der Waals surface area contributed by atoms with Crippen LogP contribution in [0.5, 0.6) is 0 Å². The van der Waals surface area contributed by atoms with Gasteiger partial charge >= 0.3 is 0 Å². The Morgan fingerprint density at radius 1 is 1.24 bits per heavy atom. The third kappa shape index (κ3) is 3.74. The van der Waals surface area contributed by atoms with Crippen molar-refractivity contribution in [2.45, 2.75) is 43.5 Å². The normalized spacial score (nSPS) is 22.9. The number of hydrogen-bond donors (Lipinski definition) is 3. The number of amides is 1. The number of nitrogens with one attached hydrogen (secondary N) is 1. The van der Waals surface area contributed by atoms with Gasteiger partial charge < -0.3 is 11.5 Å². The van der Waals surface area contributed by atoms with Gasteiger partial charge in [-0.3, -0.25) is 4.79 Å². The van der Waals surface area contributed by atoms with Crippen LogP contribution in [-0.4, -0.2) is 20.4 Å². The summed E-state index contributed by atoms with van der Waals surface area (Å²) in [5.74, 6) is 0.00514. The maximum atomic E-state index is 12.4. The summed E-state index contributed by atoms with van der Waals surface area (Å²) >= 11 is 0. The lowest BCUT2D eigenvalue weighted by atomic mass is 9.88. The molecule has 1 aliphatic rings. The van der Waals surface area contributed by atoms with E-state index >= 15 is 0 Å². The highest BCUT2D eigenvalue weighted by Crippen LogP contribution is 2.26. The van der Waals surface area contributed by atoms with Gasteiger partial charge in [-0.15, -0.1) is 0 Å². The first-order valence-electron chi connectivity index (χ1n) is 7.01. The van der Waals surface area contributed by atoms with Crippen LogP contribution >= 0.6 is 0 Å². The second-order valence-corrected chi connectivity index (χ2v) is 7.38. The molecular formula is C14H21N3O3S. The molecule has 1 aromatic rings. The quantitative estimate of drug-likeness (QED) is 0.725. The van der Waals surface area contributed by atoms with E-state index in [1.54, 1.807) is 0 Å². The second kappa shape index (κ2) is 6.03. The lowest BCUT2D eigenvalue weighted by Crippen LogP contribution is -2.37. The van der Waals surface area contributed by atoms with Crippen molar-refractivity contribution in [3.05, 3.63) is 23.8 Å². The zero-order chi connectivity index (χ0) is 15.6. The van der Waals surface area contributed by atoms with Gasteiger partial charge in [0.05, 0.1) is 5.69 Å². The molecule has 0 spiro atoms. The Bertz CT molecular complexity index is 635. The van der Waals surface area contributed by atoms with Crippen molar-refractivity contribution in [1.29, 1.82) is 0 Å². The molecular weight excluding hydrogens is 290 g/mol. The summed E-state index contributed by atoms with van der Waals surface area (Å²) in [6.07, 6.45) is 3.70. The molecule has 7 heteroatoms. The van der Waals surface area contributed by atoms with Crippen LogP contribution in [0.4, 0.5) is 5.69 Å². The third-order valence-corrected chi connectivity index (χ3v) is 5.52. The minimum Gasteiger partial charge on any atom is -0.398 e. The highest BCUT2D eigenvalue weighted by atomic mass is 32.2. The summed E-state index contributed by atoms with van der Waals surface area (Å²) < 4.78 is 27.5. The molecule has 1 fully saturated rings. The molecule has 6 nitrogen and oxygen atoms in total. The van der Waals surface area contributed by atoms with Crippen molar-refractivity contribution in [2.24, 2.45) is 11.7 Å². The van der Waals surface area contributed by atoms with Gasteiger partial charge in [-0.05, 0) is 49.8 Å². The number of sulfonamides is 1. The first-order chi connectivity index (χ1) is 9.79. The van der Waals surface area contributed by atoms with Gasteiger partial charge in [-0.25, -0.2) is 13.1 Å². The third-order valence-electron chi connectivity index (χ3n) is 3.92.